The van der Waals surface area contributed by atoms with Gasteiger partial charge in [0, 0.05) is 16.5 Å². The van der Waals surface area contributed by atoms with Gasteiger partial charge in [0.25, 0.3) is 5.89 Å². The molecule has 9 nitrogen and oxygen atoms in total. The largest absolute Gasteiger partial charge is 0.493 e. The lowest BCUT2D eigenvalue weighted by Crippen LogP contribution is -2.43. The van der Waals surface area contributed by atoms with Crippen molar-refractivity contribution in [1.82, 2.24) is 10.1 Å². The van der Waals surface area contributed by atoms with Crippen molar-refractivity contribution in [3.05, 3.63) is 48.2 Å². The maximum absolute atomic E-state index is 9.48. The molecular formula is C21H21N3O6. The van der Waals surface area contributed by atoms with Crippen LogP contribution in [0.3, 0.4) is 0 Å². The Kier molecular flexibility index (Phi) is 5.17. The Morgan fingerprint density at radius 3 is 2.40 bits per heavy atom. The van der Waals surface area contributed by atoms with E-state index in [0.717, 1.165) is 5.39 Å². The third-order valence-electron chi connectivity index (χ3n) is 4.89. The molecule has 30 heavy (non-hydrogen) atoms. The summed E-state index contributed by atoms with van der Waals surface area (Å²) < 4.78 is 21.7. The van der Waals surface area contributed by atoms with E-state index in [1.54, 1.807) is 50.6 Å². The first-order valence-electron chi connectivity index (χ1n) is 9.12. The van der Waals surface area contributed by atoms with E-state index in [9.17, 15) is 10.2 Å². The van der Waals surface area contributed by atoms with Crippen molar-refractivity contribution in [3.63, 3.8) is 0 Å². The van der Waals surface area contributed by atoms with Crippen LogP contribution in [0.25, 0.3) is 33.8 Å². The normalized spacial score (nSPS) is 11.8. The number of hydrogen-bond acceptors (Lipinski definition) is 9. The fourth-order valence-corrected chi connectivity index (χ4v) is 3.06. The van der Waals surface area contributed by atoms with Gasteiger partial charge in [-0.25, -0.2) is 0 Å². The van der Waals surface area contributed by atoms with E-state index in [-0.39, 0.29) is 0 Å². The number of fused-ring (bicyclic) bond motifs is 1. The van der Waals surface area contributed by atoms with Gasteiger partial charge in [-0.05, 0) is 42.5 Å². The molecule has 0 aliphatic heterocycles. The molecule has 4 N–H and O–H groups in total. The van der Waals surface area contributed by atoms with Gasteiger partial charge >= 0.3 is 0 Å². The van der Waals surface area contributed by atoms with E-state index in [1.807, 2.05) is 6.07 Å². The molecule has 2 aromatic carbocycles. The summed E-state index contributed by atoms with van der Waals surface area (Å²) in [6.45, 7) is -0.897. The maximum Gasteiger partial charge on any atom is 0.258 e. The predicted molar refractivity (Wildman–Crippen MR) is 108 cm³/mol. The number of aromatic nitrogens is 2. The summed E-state index contributed by atoms with van der Waals surface area (Å²) in [5.41, 5.74) is 6.60. The lowest BCUT2D eigenvalue weighted by molar-refractivity contribution is 0.105. The van der Waals surface area contributed by atoms with Gasteiger partial charge < -0.3 is 34.4 Å². The summed E-state index contributed by atoms with van der Waals surface area (Å²) in [4.78, 5) is 4.47. The Morgan fingerprint density at radius 1 is 0.967 bits per heavy atom. The SMILES string of the molecule is COc1ccc(-c2nc(-c3ccc4oc(C(N)(CO)CO)cc4c3)no2)cc1OC. The Balaban J connectivity index is 1.68. The van der Waals surface area contributed by atoms with Gasteiger partial charge in [-0.1, -0.05) is 5.16 Å². The van der Waals surface area contributed by atoms with E-state index in [1.165, 1.54) is 0 Å². The van der Waals surface area contributed by atoms with Crippen LogP contribution in [0.15, 0.2) is 51.4 Å². The minimum atomic E-state index is -1.36. The van der Waals surface area contributed by atoms with Crippen molar-refractivity contribution < 1.29 is 28.6 Å². The number of furan rings is 1. The molecule has 4 aromatic rings. The molecule has 2 aromatic heterocycles. The second-order valence-electron chi connectivity index (χ2n) is 6.83. The Morgan fingerprint density at radius 2 is 1.70 bits per heavy atom. The summed E-state index contributed by atoms with van der Waals surface area (Å²) in [5, 5.41) is 23.8. The molecule has 0 unspecified atom stereocenters. The molecule has 0 radical (unpaired) electrons. The lowest BCUT2D eigenvalue weighted by atomic mass is 10.00. The number of aliphatic hydroxyl groups excluding tert-OH is 2. The zero-order chi connectivity index (χ0) is 21.3. The standard InChI is InChI=1S/C21H21N3O6/c1-27-16-6-4-13(8-17(16)28-2)20-23-19(24-30-20)12-3-5-15-14(7-12)9-18(29-15)21(22,10-25)11-26/h3-9,25-26H,10-11,22H2,1-2H3. The first kappa shape index (κ1) is 19.9. The molecule has 0 amide bonds. The highest BCUT2D eigenvalue weighted by Gasteiger charge is 2.30. The van der Waals surface area contributed by atoms with Crippen LogP contribution in [0, 0.1) is 0 Å². The molecule has 4 rings (SSSR count). The molecule has 0 saturated carbocycles. The second-order valence-corrected chi connectivity index (χ2v) is 6.83. The number of aliphatic hydroxyl groups is 2. The monoisotopic (exact) mass is 411 g/mol. The number of methoxy groups -OCH3 is 2. The van der Waals surface area contributed by atoms with Crippen LogP contribution in [-0.4, -0.2) is 47.8 Å². The van der Waals surface area contributed by atoms with E-state index < -0.39 is 18.8 Å². The van der Waals surface area contributed by atoms with Gasteiger partial charge in [-0.3, -0.25) is 0 Å². The van der Waals surface area contributed by atoms with Crippen LogP contribution in [0.5, 0.6) is 11.5 Å². The van der Waals surface area contributed by atoms with Crippen molar-refractivity contribution in [2.24, 2.45) is 5.73 Å². The average molecular weight is 411 g/mol. The third kappa shape index (κ3) is 3.39. The van der Waals surface area contributed by atoms with Crippen LogP contribution in [0.1, 0.15) is 5.76 Å². The summed E-state index contributed by atoms with van der Waals surface area (Å²) in [7, 11) is 3.12. The minimum Gasteiger partial charge on any atom is -0.493 e. The summed E-state index contributed by atoms with van der Waals surface area (Å²) in [5.74, 6) is 2.18. The van der Waals surface area contributed by atoms with E-state index >= 15 is 0 Å². The number of ether oxygens (including phenoxy) is 2. The second kappa shape index (κ2) is 7.79. The lowest BCUT2D eigenvalue weighted by Gasteiger charge is -2.21. The molecule has 0 spiro atoms. The summed E-state index contributed by atoms with van der Waals surface area (Å²) in [6.07, 6.45) is 0. The Labute approximate surface area is 171 Å². The molecular weight excluding hydrogens is 390 g/mol. The number of nitrogens with two attached hydrogens (primary N) is 1. The van der Waals surface area contributed by atoms with Crippen LogP contribution < -0.4 is 15.2 Å². The van der Waals surface area contributed by atoms with Gasteiger partial charge in [0.1, 0.15) is 16.9 Å². The predicted octanol–water partition coefficient (Wildman–Crippen LogP) is 2.31. The van der Waals surface area contributed by atoms with Crippen molar-refractivity contribution in [1.29, 1.82) is 0 Å². The molecule has 2 heterocycles. The fraction of sp³-hybridized carbons (Fsp3) is 0.238. The number of hydrogen-bond donors (Lipinski definition) is 3. The van der Waals surface area contributed by atoms with Gasteiger partial charge in [-0.15, -0.1) is 0 Å². The van der Waals surface area contributed by atoms with Gasteiger partial charge in [0.05, 0.1) is 27.4 Å². The van der Waals surface area contributed by atoms with Gasteiger partial charge in [0.15, 0.2) is 11.5 Å². The molecule has 9 heteroatoms. The maximum atomic E-state index is 9.48. The van der Waals surface area contributed by atoms with E-state index in [2.05, 4.69) is 10.1 Å². The van der Waals surface area contributed by atoms with Crippen LogP contribution >= 0.6 is 0 Å². The summed E-state index contributed by atoms with van der Waals surface area (Å²) >= 11 is 0. The molecule has 0 atom stereocenters. The molecule has 156 valence electrons. The van der Waals surface area contributed by atoms with Crippen molar-refractivity contribution in [2.45, 2.75) is 5.54 Å². The number of rotatable bonds is 7. The van der Waals surface area contributed by atoms with Gasteiger partial charge in [0.2, 0.25) is 5.82 Å². The molecule has 0 aliphatic rings. The Hall–Kier alpha value is -3.40. The van der Waals surface area contributed by atoms with Crippen molar-refractivity contribution in [3.8, 4) is 34.3 Å². The highest BCUT2D eigenvalue weighted by Crippen LogP contribution is 2.33. The van der Waals surface area contributed by atoms with Crippen molar-refractivity contribution >= 4 is 11.0 Å². The topological polar surface area (TPSA) is 137 Å². The highest BCUT2D eigenvalue weighted by molar-refractivity contribution is 5.83. The number of benzene rings is 2. The summed E-state index contributed by atoms with van der Waals surface area (Å²) in [6, 6.07) is 12.4. The van der Waals surface area contributed by atoms with Crippen LogP contribution in [0.2, 0.25) is 0 Å². The molecule has 0 bridgehead atoms. The molecule has 0 fully saturated rings. The first-order valence-corrected chi connectivity index (χ1v) is 9.12. The third-order valence-corrected chi connectivity index (χ3v) is 4.89. The Bertz CT molecular complexity index is 1180. The molecule has 0 aliphatic carbocycles. The first-order chi connectivity index (χ1) is 14.5. The van der Waals surface area contributed by atoms with Crippen LogP contribution in [-0.2, 0) is 5.54 Å². The number of nitrogens with zero attached hydrogens (tertiary/aromatic N) is 2. The fourth-order valence-electron chi connectivity index (χ4n) is 3.06. The zero-order valence-electron chi connectivity index (χ0n) is 16.5. The highest BCUT2D eigenvalue weighted by atomic mass is 16.5. The van der Waals surface area contributed by atoms with E-state index in [4.69, 9.17) is 24.1 Å². The van der Waals surface area contributed by atoms with Crippen molar-refractivity contribution in [2.75, 3.05) is 27.4 Å². The average Bonchev–Trinajstić information content (AvgIpc) is 3.45. The smallest absolute Gasteiger partial charge is 0.258 e. The zero-order valence-corrected chi connectivity index (χ0v) is 16.5. The van der Waals surface area contributed by atoms with E-state index in [0.29, 0.717) is 45.7 Å². The van der Waals surface area contributed by atoms with Gasteiger partial charge in [-0.2, -0.15) is 4.98 Å². The van der Waals surface area contributed by atoms with Crippen LogP contribution in [0.4, 0.5) is 0 Å². The quantitative estimate of drug-likeness (QED) is 0.418. The minimum absolute atomic E-state index is 0.291. The molecule has 0 saturated heterocycles.